The summed E-state index contributed by atoms with van der Waals surface area (Å²) in [7, 11) is 0. The van der Waals surface area contributed by atoms with Crippen LogP contribution in [0.3, 0.4) is 0 Å². The topological polar surface area (TPSA) is 29.5 Å². The van der Waals surface area contributed by atoms with Crippen LogP contribution in [0.5, 0.6) is 5.75 Å². The zero-order chi connectivity index (χ0) is 21.1. The van der Waals surface area contributed by atoms with Crippen molar-refractivity contribution in [3.63, 3.8) is 0 Å². The van der Waals surface area contributed by atoms with Gasteiger partial charge in [-0.1, -0.05) is 62.9 Å². The fourth-order valence-corrected chi connectivity index (χ4v) is 3.26. The average Bonchev–Trinajstić information content (AvgIpc) is 2.73. The van der Waals surface area contributed by atoms with E-state index in [0.717, 1.165) is 49.9 Å². The van der Waals surface area contributed by atoms with E-state index in [1.165, 1.54) is 5.56 Å². The molecule has 154 valence electrons. The van der Waals surface area contributed by atoms with Crippen molar-refractivity contribution in [2.75, 3.05) is 19.6 Å². The lowest BCUT2D eigenvalue weighted by molar-refractivity contribution is -0.130. The molecule has 0 bridgehead atoms. The Hall–Kier alpha value is -2.65. The summed E-state index contributed by atoms with van der Waals surface area (Å²) in [4.78, 5) is 14.6. The fourth-order valence-electron chi connectivity index (χ4n) is 3.26. The molecular formula is C26H33NO2. The molecule has 0 unspecified atom stereocenters. The van der Waals surface area contributed by atoms with E-state index in [1.54, 1.807) is 0 Å². The standard InChI is InChI=1S/C26H33NO2/c1-5-8-9-22-10-12-23(13-11-22)24-14-16-25(17-15-24)29-26(28)21(4)20-27(18-6-2)19-7-3/h5,10-17H,1,4,6-9,18-20H2,2-3H3. The van der Waals surface area contributed by atoms with Crippen molar-refractivity contribution in [1.29, 1.82) is 0 Å². The normalized spacial score (nSPS) is 10.7. The van der Waals surface area contributed by atoms with E-state index in [-0.39, 0.29) is 5.97 Å². The SMILES string of the molecule is C=CCCc1ccc(-c2ccc(OC(=O)C(=C)CN(CCC)CCC)cc2)cc1. The van der Waals surface area contributed by atoms with Crippen molar-refractivity contribution in [3.8, 4) is 16.9 Å². The number of allylic oxidation sites excluding steroid dienone is 1. The second kappa shape index (κ2) is 12.0. The number of hydrogen-bond donors (Lipinski definition) is 0. The van der Waals surface area contributed by atoms with Gasteiger partial charge in [-0.3, -0.25) is 4.90 Å². The molecule has 0 spiro atoms. The quantitative estimate of drug-likeness (QED) is 0.191. The number of ether oxygens (including phenoxy) is 1. The molecule has 0 aromatic heterocycles. The summed E-state index contributed by atoms with van der Waals surface area (Å²) in [5.41, 5.74) is 4.03. The third-order valence-electron chi connectivity index (χ3n) is 4.77. The van der Waals surface area contributed by atoms with Crippen LogP contribution in [0.4, 0.5) is 0 Å². The molecule has 0 fully saturated rings. The van der Waals surface area contributed by atoms with Gasteiger partial charge in [-0.05, 0) is 67.6 Å². The first-order valence-corrected chi connectivity index (χ1v) is 10.5. The zero-order valence-electron chi connectivity index (χ0n) is 17.8. The van der Waals surface area contributed by atoms with Crippen LogP contribution in [0.1, 0.15) is 38.7 Å². The third-order valence-corrected chi connectivity index (χ3v) is 4.77. The first kappa shape index (κ1) is 22.6. The minimum atomic E-state index is -0.360. The maximum atomic E-state index is 12.4. The Labute approximate surface area is 175 Å². The number of benzene rings is 2. The largest absolute Gasteiger partial charge is 0.423 e. The van der Waals surface area contributed by atoms with E-state index in [9.17, 15) is 4.79 Å². The zero-order valence-corrected chi connectivity index (χ0v) is 17.8. The Morgan fingerprint density at radius 1 is 0.966 bits per heavy atom. The van der Waals surface area contributed by atoms with Crippen molar-refractivity contribution in [2.45, 2.75) is 39.5 Å². The summed E-state index contributed by atoms with van der Waals surface area (Å²) >= 11 is 0. The van der Waals surface area contributed by atoms with Crippen molar-refractivity contribution < 1.29 is 9.53 Å². The lowest BCUT2D eigenvalue weighted by atomic mass is 10.0. The second-order valence-corrected chi connectivity index (χ2v) is 7.32. The van der Waals surface area contributed by atoms with Crippen molar-refractivity contribution in [3.05, 3.63) is 78.9 Å². The average molecular weight is 392 g/mol. The first-order chi connectivity index (χ1) is 14.1. The molecule has 0 aliphatic heterocycles. The summed E-state index contributed by atoms with van der Waals surface area (Å²) < 4.78 is 5.51. The summed E-state index contributed by atoms with van der Waals surface area (Å²) in [5, 5.41) is 0. The fraction of sp³-hybridized carbons (Fsp3) is 0.346. The van der Waals surface area contributed by atoms with Gasteiger partial charge in [-0.2, -0.15) is 0 Å². The van der Waals surface area contributed by atoms with Crippen LogP contribution in [-0.2, 0) is 11.2 Å². The molecule has 0 atom stereocenters. The molecule has 0 radical (unpaired) electrons. The predicted molar refractivity (Wildman–Crippen MR) is 122 cm³/mol. The van der Waals surface area contributed by atoms with Crippen molar-refractivity contribution in [1.82, 2.24) is 4.90 Å². The Kier molecular flexibility index (Phi) is 9.39. The number of esters is 1. The number of carbonyl (C=O) groups excluding carboxylic acids is 1. The number of hydrogen-bond acceptors (Lipinski definition) is 3. The summed E-state index contributed by atoms with van der Waals surface area (Å²) in [6.07, 6.45) is 6.04. The first-order valence-electron chi connectivity index (χ1n) is 10.5. The molecule has 0 amide bonds. The number of rotatable bonds is 12. The van der Waals surface area contributed by atoms with Crippen LogP contribution in [-0.4, -0.2) is 30.5 Å². The van der Waals surface area contributed by atoms with Gasteiger partial charge in [0.05, 0.1) is 0 Å². The maximum Gasteiger partial charge on any atom is 0.340 e. The van der Waals surface area contributed by atoms with E-state index in [2.05, 4.69) is 56.2 Å². The molecule has 0 saturated carbocycles. The van der Waals surface area contributed by atoms with E-state index in [4.69, 9.17) is 4.74 Å². The summed E-state index contributed by atoms with van der Waals surface area (Å²) in [6, 6.07) is 16.2. The smallest absolute Gasteiger partial charge is 0.340 e. The summed E-state index contributed by atoms with van der Waals surface area (Å²) in [5.74, 6) is 0.182. The van der Waals surface area contributed by atoms with Gasteiger partial charge in [0.2, 0.25) is 0 Å². The Bertz CT molecular complexity index is 784. The molecule has 2 rings (SSSR count). The van der Waals surface area contributed by atoms with Gasteiger partial charge >= 0.3 is 5.97 Å². The van der Waals surface area contributed by atoms with Gasteiger partial charge in [-0.25, -0.2) is 4.79 Å². The third kappa shape index (κ3) is 7.35. The van der Waals surface area contributed by atoms with Crippen LogP contribution in [0.25, 0.3) is 11.1 Å². The Morgan fingerprint density at radius 2 is 1.52 bits per heavy atom. The van der Waals surface area contributed by atoms with E-state index in [0.29, 0.717) is 17.9 Å². The van der Waals surface area contributed by atoms with Crippen LogP contribution < -0.4 is 4.74 Å². The highest BCUT2D eigenvalue weighted by atomic mass is 16.5. The van der Waals surface area contributed by atoms with Gasteiger partial charge < -0.3 is 4.74 Å². The predicted octanol–water partition coefficient (Wildman–Crippen LogP) is 6.06. The molecule has 0 heterocycles. The van der Waals surface area contributed by atoms with Crippen LogP contribution in [0.2, 0.25) is 0 Å². The maximum absolute atomic E-state index is 12.4. The number of nitrogens with zero attached hydrogens (tertiary/aromatic N) is 1. The Morgan fingerprint density at radius 3 is 2.03 bits per heavy atom. The molecule has 3 heteroatoms. The van der Waals surface area contributed by atoms with Gasteiger partial charge in [0.25, 0.3) is 0 Å². The minimum absolute atomic E-state index is 0.360. The number of carbonyl (C=O) groups is 1. The highest BCUT2D eigenvalue weighted by molar-refractivity contribution is 5.90. The molecular weight excluding hydrogens is 358 g/mol. The van der Waals surface area contributed by atoms with Gasteiger partial charge in [0.1, 0.15) is 5.75 Å². The molecule has 0 N–H and O–H groups in total. The minimum Gasteiger partial charge on any atom is -0.423 e. The van der Waals surface area contributed by atoms with Crippen molar-refractivity contribution >= 4 is 5.97 Å². The number of aryl methyl sites for hydroxylation is 1. The van der Waals surface area contributed by atoms with Crippen LogP contribution in [0, 0.1) is 0 Å². The van der Waals surface area contributed by atoms with Gasteiger partial charge in [-0.15, -0.1) is 6.58 Å². The van der Waals surface area contributed by atoms with E-state index in [1.807, 2.05) is 30.3 Å². The molecule has 2 aromatic rings. The molecule has 0 aliphatic carbocycles. The van der Waals surface area contributed by atoms with Gasteiger partial charge in [0, 0.05) is 12.1 Å². The van der Waals surface area contributed by atoms with E-state index < -0.39 is 0 Å². The van der Waals surface area contributed by atoms with Gasteiger partial charge in [0.15, 0.2) is 0 Å². The van der Waals surface area contributed by atoms with Crippen molar-refractivity contribution in [2.24, 2.45) is 0 Å². The second-order valence-electron chi connectivity index (χ2n) is 7.32. The highest BCUT2D eigenvalue weighted by Crippen LogP contribution is 2.23. The van der Waals surface area contributed by atoms with Crippen LogP contribution in [0.15, 0.2) is 73.3 Å². The van der Waals surface area contributed by atoms with E-state index >= 15 is 0 Å². The molecule has 0 aliphatic rings. The lowest BCUT2D eigenvalue weighted by Crippen LogP contribution is -2.30. The monoisotopic (exact) mass is 391 g/mol. The lowest BCUT2D eigenvalue weighted by Gasteiger charge is -2.21. The summed E-state index contributed by atoms with van der Waals surface area (Å²) in [6.45, 7) is 14.4. The molecule has 2 aromatic carbocycles. The van der Waals surface area contributed by atoms with Crippen LogP contribution >= 0.6 is 0 Å². The highest BCUT2D eigenvalue weighted by Gasteiger charge is 2.14. The molecule has 3 nitrogen and oxygen atoms in total. The Balaban J connectivity index is 1.94. The molecule has 29 heavy (non-hydrogen) atoms. The molecule has 0 saturated heterocycles.